The highest BCUT2D eigenvalue weighted by Gasteiger charge is 2.34. The van der Waals surface area contributed by atoms with Crippen LogP contribution < -0.4 is 15.0 Å². The minimum Gasteiger partial charge on any atom is -0.493 e. The van der Waals surface area contributed by atoms with Crippen molar-refractivity contribution in [1.82, 2.24) is 10.3 Å². The maximum Gasteiger partial charge on any atom is 0.243 e. The molecule has 1 fully saturated rings. The Bertz CT molecular complexity index is 753. The van der Waals surface area contributed by atoms with E-state index in [0.717, 1.165) is 42.9 Å². The molecule has 0 saturated carbocycles. The molecule has 0 unspecified atom stereocenters. The SMILES string of the molecule is O=C(N[C@H]1CCCOc2ccc(F)cc21)[C@H]1CCCN1c1nccs1. The molecule has 1 amide bonds. The Hall–Kier alpha value is -2.15. The molecule has 2 aliphatic rings. The number of hydrogen-bond donors (Lipinski definition) is 1. The molecule has 4 rings (SSSR count). The maximum atomic E-state index is 13.7. The lowest BCUT2D eigenvalue weighted by molar-refractivity contribution is -0.123. The van der Waals surface area contributed by atoms with Crippen LogP contribution in [0.25, 0.3) is 0 Å². The van der Waals surface area contributed by atoms with Crippen LogP contribution in [-0.2, 0) is 4.79 Å². The fourth-order valence-electron chi connectivity index (χ4n) is 3.59. The number of carbonyl (C=O) groups is 1. The van der Waals surface area contributed by atoms with Crippen LogP contribution in [0.3, 0.4) is 0 Å². The van der Waals surface area contributed by atoms with Gasteiger partial charge in [-0.15, -0.1) is 11.3 Å². The zero-order valence-electron chi connectivity index (χ0n) is 13.8. The van der Waals surface area contributed by atoms with Crippen LogP contribution in [0.2, 0.25) is 0 Å². The molecule has 1 aromatic heterocycles. The number of benzene rings is 1. The predicted molar refractivity (Wildman–Crippen MR) is 94.5 cm³/mol. The fraction of sp³-hybridized carbons (Fsp3) is 0.444. The summed E-state index contributed by atoms with van der Waals surface area (Å²) >= 11 is 1.55. The first-order valence-electron chi connectivity index (χ1n) is 8.61. The monoisotopic (exact) mass is 361 g/mol. The third-order valence-corrected chi connectivity index (χ3v) is 5.59. The maximum absolute atomic E-state index is 13.7. The highest BCUT2D eigenvalue weighted by Crippen LogP contribution is 2.33. The van der Waals surface area contributed by atoms with Gasteiger partial charge in [-0.3, -0.25) is 4.79 Å². The van der Waals surface area contributed by atoms with Crippen LogP contribution in [0.5, 0.6) is 5.75 Å². The molecule has 2 aromatic rings. The molecule has 7 heteroatoms. The van der Waals surface area contributed by atoms with Crippen molar-refractivity contribution in [1.29, 1.82) is 0 Å². The summed E-state index contributed by atoms with van der Waals surface area (Å²) < 4.78 is 19.4. The number of nitrogens with one attached hydrogen (secondary N) is 1. The van der Waals surface area contributed by atoms with E-state index in [-0.39, 0.29) is 23.8 Å². The number of fused-ring (bicyclic) bond motifs is 1. The van der Waals surface area contributed by atoms with Crippen LogP contribution >= 0.6 is 11.3 Å². The first kappa shape index (κ1) is 16.3. The summed E-state index contributed by atoms with van der Waals surface area (Å²) in [6.07, 6.45) is 5.10. The lowest BCUT2D eigenvalue weighted by Gasteiger charge is -2.26. The predicted octanol–water partition coefficient (Wildman–Crippen LogP) is 3.28. The van der Waals surface area contributed by atoms with E-state index < -0.39 is 0 Å². The molecule has 0 bridgehead atoms. The van der Waals surface area contributed by atoms with Gasteiger partial charge in [0.15, 0.2) is 5.13 Å². The van der Waals surface area contributed by atoms with E-state index in [2.05, 4.69) is 15.2 Å². The van der Waals surface area contributed by atoms with E-state index in [0.29, 0.717) is 12.4 Å². The first-order valence-corrected chi connectivity index (χ1v) is 9.49. The summed E-state index contributed by atoms with van der Waals surface area (Å²) in [5, 5.41) is 5.93. The Balaban J connectivity index is 1.53. The van der Waals surface area contributed by atoms with Crippen LogP contribution in [-0.4, -0.2) is 30.1 Å². The van der Waals surface area contributed by atoms with Crippen LogP contribution in [0.15, 0.2) is 29.8 Å². The number of hydrogen-bond acceptors (Lipinski definition) is 5. The summed E-state index contributed by atoms with van der Waals surface area (Å²) in [5.41, 5.74) is 0.727. The molecule has 5 nitrogen and oxygen atoms in total. The second-order valence-electron chi connectivity index (χ2n) is 6.40. The number of thiazole rings is 1. The molecule has 0 aliphatic carbocycles. The highest BCUT2D eigenvalue weighted by molar-refractivity contribution is 7.13. The van der Waals surface area contributed by atoms with Crippen LogP contribution in [0.4, 0.5) is 9.52 Å². The molecular formula is C18H20FN3O2S. The number of aromatic nitrogens is 1. The van der Waals surface area contributed by atoms with Gasteiger partial charge >= 0.3 is 0 Å². The Morgan fingerprint density at radius 1 is 1.36 bits per heavy atom. The van der Waals surface area contributed by atoms with Gasteiger partial charge < -0.3 is 15.0 Å². The van der Waals surface area contributed by atoms with Gasteiger partial charge in [0.2, 0.25) is 5.91 Å². The molecule has 1 saturated heterocycles. The van der Waals surface area contributed by atoms with Gasteiger partial charge in [0.25, 0.3) is 0 Å². The first-order chi connectivity index (χ1) is 12.2. The number of nitrogens with zero attached hydrogens (tertiary/aromatic N) is 2. The Labute approximate surface area is 149 Å². The van der Waals surface area contributed by atoms with E-state index in [9.17, 15) is 9.18 Å². The number of rotatable bonds is 3. The topological polar surface area (TPSA) is 54.5 Å². The molecule has 1 aromatic carbocycles. The molecule has 3 heterocycles. The van der Waals surface area contributed by atoms with Crippen molar-refractivity contribution in [3.63, 3.8) is 0 Å². The van der Waals surface area contributed by atoms with Crippen molar-refractivity contribution in [2.24, 2.45) is 0 Å². The average Bonchev–Trinajstić information content (AvgIpc) is 3.26. The normalized spacial score (nSPS) is 22.8. The minimum atomic E-state index is -0.311. The number of anilines is 1. The van der Waals surface area contributed by atoms with E-state index >= 15 is 0 Å². The van der Waals surface area contributed by atoms with Gasteiger partial charge in [-0.25, -0.2) is 9.37 Å². The molecule has 1 N–H and O–H groups in total. The molecular weight excluding hydrogens is 341 g/mol. The standard InChI is InChI=1S/C18H20FN3O2S/c19-12-5-6-16-13(11-12)14(3-2-9-24-16)21-17(23)15-4-1-8-22(15)18-20-7-10-25-18/h5-7,10-11,14-15H,1-4,8-9H2,(H,21,23)/t14-,15+/m0/s1. The van der Waals surface area contributed by atoms with Crippen molar-refractivity contribution >= 4 is 22.4 Å². The molecule has 0 spiro atoms. The quantitative estimate of drug-likeness (QED) is 0.912. The molecule has 132 valence electrons. The van der Waals surface area contributed by atoms with Gasteiger partial charge in [-0.1, -0.05) is 0 Å². The number of carbonyl (C=O) groups excluding carboxylic acids is 1. The smallest absolute Gasteiger partial charge is 0.243 e. The number of amides is 1. The summed E-state index contributed by atoms with van der Waals surface area (Å²) in [7, 11) is 0. The van der Waals surface area contributed by atoms with E-state index in [4.69, 9.17) is 4.74 Å². The lowest BCUT2D eigenvalue weighted by Crippen LogP contribution is -2.44. The van der Waals surface area contributed by atoms with Crippen LogP contribution in [0.1, 0.15) is 37.3 Å². The zero-order valence-corrected chi connectivity index (χ0v) is 14.6. The van der Waals surface area contributed by atoms with Crippen molar-refractivity contribution in [2.75, 3.05) is 18.1 Å². The van der Waals surface area contributed by atoms with Crippen molar-refractivity contribution in [2.45, 2.75) is 37.8 Å². The third kappa shape index (κ3) is 3.33. The Morgan fingerprint density at radius 3 is 3.12 bits per heavy atom. The van der Waals surface area contributed by atoms with Gasteiger partial charge in [0.1, 0.15) is 17.6 Å². The number of halogens is 1. The van der Waals surface area contributed by atoms with Crippen LogP contribution in [0, 0.1) is 5.82 Å². The summed E-state index contributed by atoms with van der Waals surface area (Å²) in [5.74, 6) is 0.330. The second kappa shape index (κ2) is 7.00. The number of ether oxygens (including phenoxy) is 1. The van der Waals surface area contributed by atoms with E-state index in [1.54, 1.807) is 23.6 Å². The summed E-state index contributed by atoms with van der Waals surface area (Å²) in [4.78, 5) is 19.3. The molecule has 25 heavy (non-hydrogen) atoms. The summed E-state index contributed by atoms with van der Waals surface area (Å²) in [6, 6.07) is 4.07. The summed E-state index contributed by atoms with van der Waals surface area (Å²) in [6.45, 7) is 1.42. The van der Waals surface area contributed by atoms with Gasteiger partial charge in [-0.05, 0) is 43.9 Å². The fourth-order valence-corrected chi connectivity index (χ4v) is 4.31. The average molecular weight is 361 g/mol. The molecule has 0 radical (unpaired) electrons. The Kier molecular flexibility index (Phi) is 4.57. The van der Waals surface area contributed by atoms with Crippen molar-refractivity contribution in [3.8, 4) is 5.75 Å². The van der Waals surface area contributed by atoms with Gasteiger partial charge in [-0.2, -0.15) is 0 Å². The van der Waals surface area contributed by atoms with Gasteiger partial charge in [0, 0.05) is 23.7 Å². The molecule has 2 aliphatic heterocycles. The van der Waals surface area contributed by atoms with E-state index in [1.807, 2.05) is 5.38 Å². The Morgan fingerprint density at radius 2 is 2.28 bits per heavy atom. The zero-order chi connectivity index (χ0) is 17.2. The van der Waals surface area contributed by atoms with Crippen molar-refractivity contribution < 1.29 is 13.9 Å². The van der Waals surface area contributed by atoms with E-state index in [1.165, 1.54) is 12.1 Å². The largest absolute Gasteiger partial charge is 0.493 e. The molecule has 2 atom stereocenters. The second-order valence-corrected chi connectivity index (χ2v) is 7.27. The third-order valence-electron chi connectivity index (χ3n) is 4.78. The highest BCUT2D eigenvalue weighted by atomic mass is 32.1. The lowest BCUT2D eigenvalue weighted by atomic mass is 10.0. The minimum absolute atomic E-state index is 0.0187. The van der Waals surface area contributed by atoms with Crippen molar-refractivity contribution in [3.05, 3.63) is 41.2 Å². The van der Waals surface area contributed by atoms with Gasteiger partial charge in [0.05, 0.1) is 12.6 Å².